The van der Waals surface area contributed by atoms with E-state index >= 15 is 0 Å². The fourth-order valence-electron chi connectivity index (χ4n) is 2.39. The maximum Gasteiger partial charge on any atom is 0.251 e. The first-order chi connectivity index (χ1) is 12.4. The van der Waals surface area contributed by atoms with Crippen LogP contribution in [0.5, 0.6) is 5.75 Å². The molecule has 3 aromatic rings. The van der Waals surface area contributed by atoms with Gasteiger partial charge in [0.1, 0.15) is 5.75 Å². The van der Waals surface area contributed by atoms with Crippen LogP contribution in [0.3, 0.4) is 0 Å². The van der Waals surface area contributed by atoms with Gasteiger partial charge in [0.05, 0.1) is 23.6 Å². The fourth-order valence-corrected chi connectivity index (χ4v) is 4.13. The molecule has 0 unspecified atom stereocenters. The second kappa shape index (κ2) is 7.30. The van der Waals surface area contributed by atoms with Gasteiger partial charge in [0.25, 0.3) is 5.91 Å². The maximum absolute atomic E-state index is 12.4. The highest BCUT2D eigenvalue weighted by Crippen LogP contribution is 2.27. The van der Waals surface area contributed by atoms with Crippen LogP contribution in [0.15, 0.2) is 42.5 Å². The molecule has 136 valence electrons. The first kappa shape index (κ1) is 18.2. The van der Waals surface area contributed by atoms with Crippen LogP contribution in [-0.2, 0) is 16.6 Å². The molecule has 0 aliphatic heterocycles. The van der Waals surface area contributed by atoms with Gasteiger partial charge in [-0.05, 0) is 24.3 Å². The largest absolute Gasteiger partial charge is 0.496 e. The van der Waals surface area contributed by atoms with E-state index in [9.17, 15) is 13.2 Å². The number of amides is 1. The van der Waals surface area contributed by atoms with Crippen molar-refractivity contribution >= 4 is 42.6 Å². The molecule has 0 spiro atoms. The van der Waals surface area contributed by atoms with Crippen molar-refractivity contribution < 1.29 is 17.9 Å². The van der Waals surface area contributed by atoms with Gasteiger partial charge < -0.3 is 10.1 Å². The highest BCUT2D eigenvalue weighted by molar-refractivity contribution is 7.92. The van der Waals surface area contributed by atoms with Gasteiger partial charge in [-0.15, -0.1) is 0 Å². The second-order valence-electron chi connectivity index (χ2n) is 5.57. The van der Waals surface area contributed by atoms with Crippen LogP contribution in [-0.4, -0.2) is 32.7 Å². The zero-order valence-corrected chi connectivity index (χ0v) is 15.8. The van der Waals surface area contributed by atoms with E-state index in [4.69, 9.17) is 4.74 Å². The van der Waals surface area contributed by atoms with Gasteiger partial charge in [0.15, 0.2) is 5.13 Å². The molecule has 0 aliphatic carbocycles. The average molecular weight is 391 g/mol. The van der Waals surface area contributed by atoms with Gasteiger partial charge >= 0.3 is 0 Å². The lowest BCUT2D eigenvalue weighted by Crippen LogP contribution is -2.22. The Bertz CT molecular complexity index is 1060. The number of sulfonamides is 1. The van der Waals surface area contributed by atoms with Crippen LogP contribution < -0.4 is 14.8 Å². The van der Waals surface area contributed by atoms with E-state index in [-0.39, 0.29) is 11.0 Å². The van der Waals surface area contributed by atoms with E-state index in [2.05, 4.69) is 15.0 Å². The summed E-state index contributed by atoms with van der Waals surface area (Å²) in [6, 6.07) is 12.5. The Morgan fingerprint density at radius 2 is 2.00 bits per heavy atom. The lowest BCUT2D eigenvalue weighted by molar-refractivity contribution is 0.0951. The summed E-state index contributed by atoms with van der Waals surface area (Å²) in [5, 5.41) is 3.13. The smallest absolute Gasteiger partial charge is 0.251 e. The predicted octanol–water partition coefficient (Wildman–Crippen LogP) is 2.61. The second-order valence-corrected chi connectivity index (χ2v) is 8.35. The fraction of sp³-hybridized carbons (Fsp3) is 0.176. The van der Waals surface area contributed by atoms with Gasteiger partial charge in [-0.3, -0.25) is 9.52 Å². The van der Waals surface area contributed by atoms with Crippen molar-refractivity contribution in [2.75, 3.05) is 18.1 Å². The summed E-state index contributed by atoms with van der Waals surface area (Å²) in [4.78, 5) is 16.6. The molecular formula is C17H17N3O4S2. The monoisotopic (exact) mass is 391 g/mol. The molecule has 0 saturated heterocycles. The maximum atomic E-state index is 12.4. The zero-order chi connectivity index (χ0) is 18.7. The Morgan fingerprint density at radius 3 is 2.73 bits per heavy atom. The Kier molecular flexibility index (Phi) is 5.10. The molecule has 1 amide bonds. The van der Waals surface area contributed by atoms with Gasteiger partial charge in [-0.25, -0.2) is 13.4 Å². The molecule has 0 saturated carbocycles. The number of nitrogens with zero attached hydrogens (tertiary/aromatic N) is 1. The molecular weight excluding hydrogens is 374 g/mol. The average Bonchev–Trinajstić information content (AvgIpc) is 2.99. The Labute approximate surface area is 155 Å². The van der Waals surface area contributed by atoms with Crippen LogP contribution in [0.4, 0.5) is 5.13 Å². The third kappa shape index (κ3) is 4.30. The number of para-hydroxylation sites is 1. The highest BCUT2D eigenvalue weighted by Gasteiger charge is 2.12. The summed E-state index contributed by atoms with van der Waals surface area (Å²) in [5.74, 6) is 0.478. The summed E-state index contributed by atoms with van der Waals surface area (Å²) < 4.78 is 30.9. The van der Waals surface area contributed by atoms with Crippen molar-refractivity contribution in [2.24, 2.45) is 0 Å². The van der Waals surface area contributed by atoms with Crippen molar-refractivity contribution in [2.45, 2.75) is 6.54 Å². The van der Waals surface area contributed by atoms with Gasteiger partial charge in [-0.1, -0.05) is 29.5 Å². The summed E-state index contributed by atoms with van der Waals surface area (Å²) >= 11 is 1.17. The minimum atomic E-state index is -3.39. The molecule has 3 rings (SSSR count). The number of carbonyl (C=O) groups is 1. The number of aromatic nitrogens is 1. The molecule has 1 heterocycles. The predicted molar refractivity (Wildman–Crippen MR) is 102 cm³/mol. The molecule has 0 bridgehead atoms. The highest BCUT2D eigenvalue weighted by atomic mass is 32.2. The molecule has 2 N–H and O–H groups in total. The van der Waals surface area contributed by atoms with Crippen molar-refractivity contribution in [1.82, 2.24) is 10.3 Å². The Hall–Kier alpha value is -2.65. The molecule has 9 heteroatoms. The van der Waals surface area contributed by atoms with Crippen molar-refractivity contribution in [1.29, 1.82) is 0 Å². The quantitative estimate of drug-likeness (QED) is 0.673. The summed E-state index contributed by atoms with van der Waals surface area (Å²) in [6.45, 7) is 0.338. The molecule has 26 heavy (non-hydrogen) atoms. The topological polar surface area (TPSA) is 97.4 Å². The summed E-state index contributed by atoms with van der Waals surface area (Å²) in [5.41, 5.74) is 1.98. The lowest BCUT2D eigenvalue weighted by Gasteiger charge is -2.09. The first-order valence-electron chi connectivity index (χ1n) is 7.64. The normalized spacial score (nSPS) is 11.3. The Morgan fingerprint density at radius 1 is 1.23 bits per heavy atom. The summed E-state index contributed by atoms with van der Waals surface area (Å²) in [6.07, 6.45) is 1.07. The third-order valence-electron chi connectivity index (χ3n) is 3.56. The minimum absolute atomic E-state index is 0.233. The molecule has 0 aliphatic rings. The van der Waals surface area contributed by atoms with E-state index in [0.29, 0.717) is 23.4 Å². The van der Waals surface area contributed by atoms with Crippen LogP contribution in [0.2, 0.25) is 0 Å². The van der Waals surface area contributed by atoms with Gasteiger partial charge in [-0.2, -0.15) is 0 Å². The number of benzene rings is 2. The number of methoxy groups -OCH3 is 1. The SMILES string of the molecule is COc1ccccc1CNC(=O)c1ccc2nc(NS(C)(=O)=O)sc2c1. The van der Waals surface area contributed by atoms with Crippen molar-refractivity contribution in [3.05, 3.63) is 53.6 Å². The first-order valence-corrected chi connectivity index (χ1v) is 10.3. The molecule has 0 radical (unpaired) electrons. The lowest BCUT2D eigenvalue weighted by atomic mass is 10.1. The number of hydrogen-bond donors (Lipinski definition) is 2. The molecule has 7 nitrogen and oxygen atoms in total. The molecule has 0 fully saturated rings. The van der Waals surface area contributed by atoms with Crippen LogP contribution in [0.1, 0.15) is 15.9 Å². The third-order valence-corrected chi connectivity index (χ3v) is 5.18. The number of fused-ring (bicyclic) bond motifs is 1. The van der Waals surface area contributed by atoms with Crippen molar-refractivity contribution in [3.8, 4) is 5.75 Å². The molecule has 0 atom stereocenters. The van der Waals surface area contributed by atoms with E-state index in [1.54, 1.807) is 25.3 Å². The van der Waals surface area contributed by atoms with E-state index in [1.165, 1.54) is 11.3 Å². The van der Waals surface area contributed by atoms with Crippen molar-refractivity contribution in [3.63, 3.8) is 0 Å². The van der Waals surface area contributed by atoms with E-state index < -0.39 is 10.0 Å². The summed E-state index contributed by atoms with van der Waals surface area (Å²) in [7, 11) is -1.81. The van der Waals surface area contributed by atoms with E-state index in [0.717, 1.165) is 16.5 Å². The number of carbonyl (C=O) groups excluding carboxylic acids is 1. The van der Waals surface area contributed by atoms with Crippen LogP contribution >= 0.6 is 11.3 Å². The Balaban J connectivity index is 1.76. The van der Waals surface area contributed by atoms with Crippen LogP contribution in [0.25, 0.3) is 10.2 Å². The molecule has 2 aromatic carbocycles. The number of anilines is 1. The number of thiazole rings is 1. The van der Waals surface area contributed by atoms with Gasteiger partial charge in [0.2, 0.25) is 10.0 Å². The van der Waals surface area contributed by atoms with E-state index in [1.807, 2.05) is 24.3 Å². The number of nitrogens with one attached hydrogen (secondary N) is 2. The minimum Gasteiger partial charge on any atom is -0.496 e. The number of ether oxygens (including phenoxy) is 1. The number of rotatable bonds is 6. The molecule has 1 aromatic heterocycles. The zero-order valence-electron chi connectivity index (χ0n) is 14.1. The standard InChI is InChI=1S/C17H17N3O4S2/c1-24-14-6-4-3-5-12(14)10-18-16(21)11-7-8-13-15(9-11)25-17(19-13)20-26(2,22)23/h3-9H,10H2,1-2H3,(H,18,21)(H,19,20). The number of hydrogen-bond acceptors (Lipinski definition) is 6. The van der Waals surface area contributed by atoms with Gasteiger partial charge in [0, 0.05) is 17.7 Å². The van der Waals surface area contributed by atoms with Crippen LogP contribution in [0, 0.1) is 0 Å².